The molecule has 0 aromatic heterocycles. The van der Waals surface area contributed by atoms with Crippen molar-refractivity contribution in [1.29, 1.82) is 0 Å². The standard InChI is InChI=1S/C21H25N3O4/c1-3-27-18-12-10-17(11-13-18)15-22-24-20(25)19(23-21(26)28-4-2)14-16-8-6-5-7-9-16/h5-13,15,19H,3-4,14H2,1-2H3,(H,23,26)(H,24,25)/b22-15-/t19-/m0/s1. The predicted octanol–water partition coefficient (Wildman–Crippen LogP) is 2.89. The lowest BCUT2D eigenvalue weighted by atomic mass is 10.1. The fraction of sp³-hybridized carbons (Fsp3) is 0.286. The van der Waals surface area contributed by atoms with Crippen molar-refractivity contribution in [2.24, 2.45) is 5.10 Å². The second-order valence-electron chi connectivity index (χ2n) is 5.84. The molecule has 0 bridgehead atoms. The Balaban J connectivity index is 1.98. The van der Waals surface area contributed by atoms with Gasteiger partial charge in [0.05, 0.1) is 19.4 Å². The van der Waals surface area contributed by atoms with Crippen molar-refractivity contribution in [1.82, 2.24) is 10.7 Å². The van der Waals surface area contributed by atoms with Crippen LogP contribution in [-0.2, 0) is 16.0 Å². The van der Waals surface area contributed by atoms with Crippen LogP contribution in [-0.4, -0.2) is 37.5 Å². The lowest BCUT2D eigenvalue weighted by Crippen LogP contribution is -2.47. The monoisotopic (exact) mass is 383 g/mol. The minimum absolute atomic E-state index is 0.224. The largest absolute Gasteiger partial charge is 0.494 e. The van der Waals surface area contributed by atoms with Crippen LogP contribution < -0.4 is 15.5 Å². The highest BCUT2D eigenvalue weighted by Crippen LogP contribution is 2.10. The molecule has 2 aromatic rings. The van der Waals surface area contributed by atoms with Crippen LogP contribution in [0.1, 0.15) is 25.0 Å². The molecule has 0 unspecified atom stereocenters. The molecule has 7 heteroatoms. The molecule has 0 heterocycles. The number of nitrogens with zero attached hydrogens (tertiary/aromatic N) is 1. The highest BCUT2D eigenvalue weighted by molar-refractivity contribution is 5.87. The molecule has 1 atom stereocenters. The van der Waals surface area contributed by atoms with E-state index in [0.29, 0.717) is 13.0 Å². The molecule has 0 saturated heterocycles. The molecule has 2 aromatic carbocycles. The van der Waals surface area contributed by atoms with Crippen molar-refractivity contribution >= 4 is 18.2 Å². The zero-order valence-corrected chi connectivity index (χ0v) is 16.1. The first-order chi connectivity index (χ1) is 13.6. The Morgan fingerprint density at radius 1 is 1.04 bits per heavy atom. The summed E-state index contributed by atoms with van der Waals surface area (Å²) in [5, 5.41) is 6.55. The maximum absolute atomic E-state index is 12.5. The van der Waals surface area contributed by atoms with Gasteiger partial charge in [0.1, 0.15) is 11.8 Å². The van der Waals surface area contributed by atoms with Crippen LogP contribution in [0.2, 0.25) is 0 Å². The molecule has 0 aliphatic rings. The summed E-state index contributed by atoms with van der Waals surface area (Å²) in [6.45, 7) is 4.44. The van der Waals surface area contributed by atoms with Gasteiger partial charge in [-0.3, -0.25) is 4.79 Å². The Kier molecular flexibility index (Phi) is 8.52. The van der Waals surface area contributed by atoms with Crippen molar-refractivity contribution < 1.29 is 19.1 Å². The van der Waals surface area contributed by atoms with E-state index in [1.54, 1.807) is 6.92 Å². The second kappa shape index (κ2) is 11.4. The van der Waals surface area contributed by atoms with E-state index in [1.807, 2.05) is 61.5 Å². The number of hydrazone groups is 1. The first-order valence-electron chi connectivity index (χ1n) is 9.15. The molecule has 2 N–H and O–H groups in total. The zero-order chi connectivity index (χ0) is 20.2. The van der Waals surface area contributed by atoms with Gasteiger partial charge >= 0.3 is 6.09 Å². The molecule has 0 saturated carbocycles. The van der Waals surface area contributed by atoms with Crippen LogP contribution in [0.3, 0.4) is 0 Å². The quantitative estimate of drug-likeness (QED) is 0.515. The maximum Gasteiger partial charge on any atom is 0.407 e. The number of hydrogen-bond acceptors (Lipinski definition) is 5. The normalized spacial score (nSPS) is 11.6. The molecular weight excluding hydrogens is 358 g/mol. The van der Waals surface area contributed by atoms with E-state index in [9.17, 15) is 9.59 Å². The van der Waals surface area contributed by atoms with E-state index >= 15 is 0 Å². The van der Waals surface area contributed by atoms with Crippen LogP contribution in [0, 0.1) is 0 Å². The van der Waals surface area contributed by atoms with Crippen molar-refractivity contribution in [3.63, 3.8) is 0 Å². The Labute approximate surface area is 164 Å². The fourth-order valence-corrected chi connectivity index (χ4v) is 2.44. The van der Waals surface area contributed by atoms with Crippen molar-refractivity contribution in [2.75, 3.05) is 13.2 Å². The Bertz CT molecular complexity index is 776. The number of carbonyl (C=O) groups excluding carboxylic acids is 2. The van der Waals surface area contributed by atoms with Gasteiger partial charge in [-0.25, -0.2) is 10.2 Å². The molecule has 0 spiro atoms. The fourth-order valence-electron chi connectivity index (χ4n) is 2.44. The molecule has 0 radical (unpaired) electrons. The molecular formula is C21H25N3O4. The van der Waals surface area contributed by atoms with Crippen LogP contribution in [0.4, 0.5) is 4.79 Å². The Morgan fingerprint density at radius 2 is 1.75 bits per heavy atom. The van der Waals surface area contributed by atoms with Crippen molar-refractivity contribution in [2.45, 2.75) is 26.3 Å². The number of carbonyl (C=O) groups is 2. The molecule has 7 nitrogen and oxygen atoms in total. The smallest absolute Gasteiger partial charge is 0.407 e. The molecule has 2 amide bonds. The topological polar surface area (TPSA) is 89.0 Å². The van der Waals surface area contributed by atoms with E-state index in [4.69, 9.17) is 9.47 Å². The molecule has 0 fully saturated rings. The molecule has 0 aliphatic heterocycles. The van der Waals surface area contributed by atoms with Gasteiger partial charge in [0, 0.05) is 6.42 Å². The van der Waals surface area contributed by atoms with Gasteiger partial charge < -0.3 is 14.8 Å². The van der Waals surface area contributed by atoms with Gasteiger partial charge in [-0.15, -0.1) is 0 Å². The summed E-state index contributed by atoms with van der Waals surface area (Å²) < 4.78 is 10.3. The summed E-state index contributed by atoms with van der Waals surface area (Å²) >= 11 is 0. The summed E-state index contributed by atoms with van der Waals surface area (Å²) in [6, 6.07) is 15.9. The molecule has 148 valence electrons. The molecule has 2 rings (SSSR count). The van der Waals surface area contributed by atoms with Crippen LogP contribution in [0.15, 0.2) is 59.7 Å². The first-order valence-corrected chi connectivity index (χ1v) is 9.15. The van der Waals surface area contributed by atoms with E-state index in [2.05, 4.69) is 15.8 Å². The third-order valence-corrected chi connectivity index (χ3v) is 3.75. The third-order valence-electron chi connectivity index (χ3n) is 3.75. The number of benzene rings is 2. The predicted molar refractivity (Wildman–Crippen MR) is 107 cm³/mol. The minimum atomic E-state index is -0.807. The van der Waals surface area contributed by atoms with Crippen LogP contribution in [0.5, 0.6) is 5.75 Å². The number of rotatable bonds is 9. The van der Waals surface area contributed by atoms with Crippen molar-refractivity contribution in [3.05, 3.63) is 65.7 Å². The average Bonchev–Trinajstić information content (AvgIpc) is 2.70. The van der Waals surface area contributed by atoms with E-state index < -0.39 is 18.0 Å². The van der Waals surface area contributed by atoms with Crippen LogP contribution >= 0.6 is 0 Å². The maximum atomic E-state index is 12.5. The summed E-state index contributed by atoms with van der Waals surface area (Å²) in [6.07, 6.45) is 1.20. The van der Waals surface area contributed by atoms with Gasteiger partial charge in [0.15, 0.2) is 0 Å². The second-order valence-corrected chi connectivity index (χ2v) is 5.84. The first kappa shape index (κ1) is 21.0. The summed E-state index contributed by atoms with van der Waals surface area (Å²) in [5.41, 5.74) is 4.19. The lowest BCUT2D eigenvalue weighted by Gasteiger charge is -2.16. The van der Waals surface area contributed by atoms with Crippen LogP contribution in [0.25, 0.3) is 0 Å². The number of nitrogens with one attached hydrogen (secondary N) is 2. The van der Waals surface area contributed by atoms with E-state index in [0.717, 1.165) is 16.9 Å². The van der Waals surface area contributed by atoms with E-state index in [1.165, 1.54) is 6.21 Å². The zero-order valence-electron chi connectivity index (χ0n) is 16.1. The summed E-state index contributed by atoms with van der Waals surface area (Å²) in [4.78, 5) is 24.3. The molecule has 0 aliphatic carbocycles. The third kappa shape index (κ3) is 7.11. The van der Waals surface area contributed by atoms with Gasteiger partial charge in [-0.05, 0) is 49.2 Å². The molecule has 28 heavy (non-hydrogen) atoms. The van der Waals surface area contributed by atoms with E-state index in [-0.39, 0.29) is 6.61 Å². The summed E-state index contributed by atoms with van der Waals surface area (Å²) in [7, 11) is 0. The van der Waals surface area contributed by atoms with Gasteiger partial charge in [-0.1, -0.05) is 30.3 Å². The van der Waals surface area contributed by atoms with Gasteiger partial charge in [-0.2, -0.15) is 5.10 Å². The number of alkyl carbamates (subject to hydrolysis) is 1. The van der Waals surface area contributed by atoms with Gasteiger partial charge in [0.2, 0.25) is 0 Å². The number of ether oxygens (including phenoxy) is 2. The Hall–Kier alpha value is -3.35. The highest BCUT2D eigenvalue weighted by atomic mass is 16.5. The minimum Gasteiger partial charge on any atom is -0.494 e. The average molecular weight is 383 g/mol. The lowest BCUT2D eigenvalue weighted by molar-refractivity contribution is -0.123. The van der Waals surface area contributed by atoms with Crippen molar-refractivity contribution in [3.8, 4) is 5.75 Å². The summed E-state index contributed by atoms with van der Waals surface area (Å²) in [5.74, 6) is 0.337. The Morgan fingerprint density at radius 3 is 2.39 bits per heavy atom. The number of amides is 2. The highest BCUT2D eigenvalue weighted by Gasteiger charge is 2.21. The number of hydrogen-bond donors (Lipinski definition) is 2. The van der Waals surface area contributed by atoms with Gasteiger partial charge in [0.25, 0.3) is 5.91 Å². The SMILES string of the molecule is CCOC(=O)N[C@@H](Cc1ccccc1)C(=O)N/N=C\c1ccc(OCC)cc1.